The van der Waals surface area contributed by atoms with Gasteiger partial charge in [-0.2, -0.15) is 0 Å². The van der Waals surface area contributed by atoms with Gasteiger partial charge in [0.15, 0.2) is 0 Å². The molecule has 0 bridgehead atoms. The van der Waals surface area contributed by atoms with Gasteiger partial charge in [-0.1, -0.05) is 24.3 Å². The number of thiophene rings is 1. The minimum Gasteiger partial charge on any atom is -0.371 e. The van der Waals surface area contributed by atoms with Gasteiger partial charge in [0.2, 0.25) is 10.0 Å². The van der Waals surface area contributed by atoms with Gasteiger partial charge in [-0.05, 0) is 48.8 Å². The summed E-state index contributed by atoms with van der Waals surface area (Å²) < 4.78 is 27.8. The third kappa shape index (κ3) is 5.14. The number of likely N-dealkylation sites (tertiary alicyclic amines) is 1. The largest absolute Gasteiger partial charge is 0.371 e. The molecule has 1 atom stereocenters. The van der Waals surface area contributed by atoms with Crippen molar-refractivity contribution in [2.24, 2.45) is 5.92 Å². The van der Waals surface area contributed by atoms with E-state index in [0.29, 0.717) is 42.6 Å². The van der Waals surface area contributed by atoms with Crippen LogP contribution in [0.15, 0.2) is 52.1 Å². The maximum absolute atomic E-state index is 12.5. The van der Waals surface area contributed by atoms with Crippen molar-refractivity contribution in [3.8, 4) is 0 Å². The molecule has 3 heterocycles. The van der Waals surface area contributed by atoms with Gasteiger partial charge in [0.25, 0.3) is 0 Å². The predicted octanol–water partition coefficient (Wildman–Crippen LogP) is 2.73. The van der Waals surface area contributed by atoms with Crippen LogP contribution >= 0.6 is 11.3 Å². The topological polar surface area (TPSA) is 81.8 Å². The van der Waals surface area contributed by atoms with E-state index in [9.17, 15) is 13.2 Å². The summed E-state index contributed by atoms with van der Waals surface area (Å²) in [4.78, 5) is 16.7. The van der Waals surface area contributed by atoms with Gasteiger partial charge in [0, 0.05) is 44.5 Å². The molecule has 2 fully saturated rings. The highest BCUT2D eigenvalue weighted by Gasteiger charge is 2.28. The normalized spacial score (nSPS) is 20.5. The van der Waals surface area contributed by atoms with E-state index < -0.39 is 10.0 Å². The number of nitrogens with one attached hydrogen (secondary N) is 2. The molecule has 0 radical (unpaired) electrons. The van der Waals surface area contributed by atoms with Gasteiger partial charge in [-0.15, -0.1) is 11.3 Å². The molecule has 2 aromatic rings. The minimum atomic E-state index is -3.46. The molecule has 2 saturated heterocycles. The lowest BCUT2D eigenvalue weighted by Gasteiger charge is -2.32. The molecule has 2 amide bonds. The SMILES string of the molecule is O=C(NCC1CCN(c2ccccc2)C1)N1CCC(NS(=O)(=O)c2cccs2)CC1. The van der Waals surface area contributed by atoms with Crippen LogP contribution < -0.4 is 14.9 Å². The molecule has 1 unspecified atom stereocenters. The van der Waals surface area contributed by atoms with Crippen molar-refractivity contribution < 1.29 is 13.2 Å². The zero-order valence-corrected chi connectivity index (χ0v) is 18.5. The number of sulfonamides is 1. The average molecular weight is 449 g/mol. The molecule has 30 heavy (non-hydrogen) atoms. The molecule has 0 aliphatic carbocycles. The summed E-state index contributed by atoms with van der Waals surface area (Å²) in [5.41, 5.74) is 1.23. The Morgan fingerprint density at radius 1 is 1.03 bits per heavy atom. The molecule has 1 aromatic carbocycles. The van der Waals surface area contributed by atoms with Crippen LogP contribution in [0.4, 0.5) is 10.5 Å². The number of carbonyl (C=O) groups excluding carboxylic acids is 1. The lowest BCUT2D eigenvalue weighted by Crippen LogP contribution is -2.50. The van der Waals surface area contributed by atoms with Crippen molar-refractivity contribution in [2.75, 3.05) is 37.6 Å². The van der Waals surface area contributed by atoms with E-state index >= 15 is 0 Å². The van der Waals surface area contributed by atoms with Crippen LogP contribution in [0.5, 0.6) is 0 Å². The first-order valence-electron chi connectivity index (χ1n) is 10.4. The number of urea groups is 1. The van der Waals surface area contributed by atoms with E-state index in [-0.39, 0.29) is 12.1 Å². The molecule has 0 saturated carbocycles. The van der Waals surface area contributed by atoms with E-state index in [1.165, 1.54) is 17.0 Å². The fraction of sp³-hybridized carbons (Fsp3) is 0.476. The third-order valence-electron chi connectivity index (χ3n) is 5.81. The zero-order chi connectivity index (χ0) is 21.0. The van der Waals surface area contributed by atoms with E-state index in [4.69, 9.17) is 0 Å². The molecule has 9 heteroatoms. The minimum absolute atomic E-state index is 0.0484. The van der Waals surface area contributed by atoms with Gasteiger partial charge in [0.1, 0.15) is 4.21 Å². The number of carbonyl (C=O) groups is 1. The second-order valence-corrected chi connectivity index (χ2v) is 10.8. The number of amides is 2. The standard InChI is InChI=1S/C21H28N4O3S2/c26-21(22-15-17-8-11-25(16-17)19-5-2-1-3-6-19)24-12-9-18(10-13-24)23-30(27,28)20-7-4-14-29-20/h1-7,14,17-18,23H,8-13,15-16H2,(H,22,26). The number of para-hydroxylation sites is 1. The van der Waals surface area contributed by atoms with E-state index in [1.54, 1.807) is 22.4 Å². The Morgan fingerprint density at radius 3 is 2.50 bits per heavy atom. The van der Waals surface area contributed by atoms with E-state index in [2.05, 4.69) is 39.2 Å². The van der Waals surface area contributed by atoms with Crippen LogP contribution in [0, 0.1) is 5.92 Å². The molecular weight excluding hydrogens is 420 g/mol. The molecule has 2 aliphatic rings. The Balaban J connectivity index is 1.19. The number of rotatable bonds is 6. The molecule has 1 aromatic heterocycles. The highest BCUT2D eigenvalue weighted by molar-refractivity contribution is 7.91. The molecule has 0 spiro atoms. The lowest BCUT2D eigenvalue weighted by atomic mass is 10.1. The van der Waals surface area contributed by atoms with Crippen molar-refractivity contribution in [1.29, 1.82) is 0 Å². The Kier molecular flexibility index (Phi) is 6.60. The van der Waals surface area contributed by atoms with Gasteiger partial charge in [-0.25, -0.2) is 17.9 Å². The van der Waals surface area contributed by atoms with Crippen molar-refractivity contribution in [2.45, 2.75) is 29.5 Å². The van der Waals surface area contributed by atoms with Crippen molar-refractivity contribution in [3.05, 3.63) is 47.8 Å². The predicted molar refractivity (Wildman–Crippen MR) is 119 cm³/mol. The number of hydrogen-bond donors (Lipinski definition) is 2. The van der Waals surface area contributed by atoms with Crippen LogP contribution in [0.3, 0.4) is 0 Å². The summed E-state index contributed by atoms with van der Waals surface area (Å²) >= 11 is 1.21. The fourth-order valence-corrected chi connectivity index (χ4v) is 6.42. The zero-order valence-electron chi connectivity index (χ0n) is 16.9. The number of anilines is 1. The molecule has 162 valence electrons. The van der Waals surface area contributed by atoms with E-state index in [0.717, 1.165) is 19.5 Å². The third-order valence-corrected chi connectivity index (χ3v) is 8.73. The van der Waals surface area contributed by atoms with Gasteiger partial charge in [-0.3, -0.25) is 0 Å². The quantitative estimate of drug-likeness (QED) is 0.712. The summed E-state index contributed by atoms with van der Waals surface area (Å²) in [5, 5.41) is 4.83. The summed E-state index contributed by atoms with van der Waals surface area (Å²) in [5.74, 6) is 0.448. The Hall–Kier alpha value is -2.10. The van der Waals surface area contributed by atoms with Crippen LogP contribution in [-0.2, 0) is 10.0 Å². The van der Waals surface area contributed by atoms with Crippen molar-refractivity contribution in [1.82, 2.24) is 14.9 Å². The molecule has 2 aliphatic heterocycles. The molecule has 2 N–H and O–H groups in total. The molecule has 4 rings (SSSR count). The number of hydrogen-bond acceptors (Lipinski definition) is 5. The number of benzene rings is 1. The van der Waals surface area contributed by atoms with Crippen LogP contribution in [-0.4, -0.2) is 58.1 Å². The fourth-order valence-electron chi connectivity index (χ4n) is 4.11. The van der Waals surface area contributed by atoms with Crippen LogP contribution in [0.2, 0.25) is 0 Å². The first-order valence-corrected chi connectivity index (χ1v) is 12.8. The van der Waals surface area contributed by atoms with Gasteiger partial charge in [0.05, 0.1) is 0 Å². The molecular formula is C21H28N4O3S2. The maximum atomic E-state index is 12.5. The number of piperidine rings is 1. The Labute approximate surface area is 182 Å². The van der Waals surface area contributed by atoms with Gasteiger partial charge >= 0.3 is 6.03 Å². The van der Waals surface area contributed by atoms with Crippen LogP contribution in [0.25, 0.3) is 0 Å². The van der Waals surface area contributed by atoms with Gasteiger partial charge < -0.3 is 15.1 Å². The van der Waals surface area contributed by atoms with Crippen molar-refractivity contribution in [3.63, 3.8) is 0 Å². The monoisotopic (exact) mass is 448 g/mol. The first-order chi connectivity index (χ1) is 14.5. The first kappa shape index (κ1) is 21.1. The lowest BCUT2D eigenvalue weighted by molar-refractivity contribution is 0.178. The summed E-state index contributed by atoms with van der Waals surface area (Å²) in [6.45, 7) is 3.76. The highest BCUT2D eigenvalue weighted by Crippen LogP contribution is 2.23. The summed E-state index contributed by atoms with van der Waals surface area (Å²) in [7, 11) is -3.46. The average Bonchev–Trinajstić information content (AvgIpc) is 3.46. The Morgan fingerprint density at radius 2 is 1.80 bits per heavy atom. The van der Waals surface area contributed by atoms with E-state index in [1.807, 2.05) is 6.07 Å². The second-order valence-electron chi connectivity index (χ2n) is 7.94. The van der Waals surface area contributed by atoms with Crippen LogP contribution in [0.1, 0.15) is 19.3 Å². The molecule has 7 nitrogen and oxygen atoms in total. The maximum Gasteiger partial charge on any atom is 0.317 e. The highest BCUT2D eigenvalue weighted by atomic mass is 32.2. The smallest absolute Gasteiger partial charge is 0.317 e. The summed E-state index contributed by atoms with van der Waals surface area (Å²) in [6.07, 6.45) is 2.33. The van der Waals surface area contributed by atoms with Crippen molar-refractivity contribution >= 4 is 33.1 Å². The Bertz CT molecular complexity index is 926. The number of nitrogens with zero attached hydrogens (tertiary/aromatic N) is 2. The second kappa shape index (κ2) is 9.36. The summed E-state index contributed by atoms with van der Waals surface area (Å²) in [6, 6.07) is 13.5.